The first-order chi connectivity index (χ1) is 9.88. The number of benzene rings is 1. The first-order valence-electron chi connectivity index (χ1n) is 7.30. The van der Waals surface area contributed by atoms with Crippen LogP contribution in [0.2, 0.25) is 5.02 Å². The zero-order chi connectivity index (χ0) is 15.9. The number of nitrogens with two attached hydrogens (primary N) is 1. The van der Waals surface area contributed by atoms with Gasteiger partial charge in [0.05, 0.1) is 11.6 Å². The number of rotatable bonds is 8. The van der Waals surface area contributed by atoms with Crippen molar-refractivity contribution in [2.75, 3.05) is 18.5 Å². The molecule has 0 saturated carbocycles. The molecule has 0 fully saturated rings. The average molecular weight is 313 g/mol. The summed E-state index contributed by atoms with van der Waals surface area (Å²) >= 11 is 6.09. The van der Waals surface area contributed by atoms with Gasteiger partial charge in [-0.1, -0.05) is 25.4 Å². The lowest BCUT2D eigenvalue weighted by molar-refractivity contribution is -0.116. The van der Waals surface area contributed by atoms with Gasteiger partial charge >= 0.3 is 0 Å². The fraction of sp³-hybridized carbons (Fsp3) is 0.562. The molecule has 0 bridgehead atoms. The van der Waals surface area contributed by atoms with Gasteiger partial charge in [-0.25, -0.2) is 0 Å². The van der Waals surface area contributed by atoms with Crippen LogP contribution in [0.15, 0.2) is 18.2 Å². The van der Waals surface area contributed by atoms with Gasteiger partial charge in [0.2, 0.25) is 5.91 Å². The second-order valence-electron chi connectivity index (χ2n) is 5.83. The molecular weight excluding hydrogens is 288 g/mol. The van der Waals surface area contributed by atoms with Crippen LogP contribution in [-0.4, -0.2) is 19.1 Å². The van der Waals surface area contributed by atoms with Crippen LogP contribution in [0.5, 0.6) is 5.75 Å². The van der Waals surface area contributed by atoms with Gasteiger partial charge in [-0.15, -0.1) is 0 Å². The van der Waals surface area contributed by atoms with E-state index >= 15 is 0 Å². The van der Waals surface area contributed by atoms with Crippen molar-refractivity contribution in [2.24, 2.45) is 11.1 Å². The van der Waals surface area contributed by atoms with Crippen molar-refractivity contribution in [2.45, 2.75) is 40.0 Å². The Hall–Kier alpha value is -1.26. The topological polar surface area (TPSA) is 64.3 Å². The van der Waals surface area contributed by atoms with E-state index in [0.29, 0.717) is 36.0 Å². The summed E-state index contributed by atoms with van der Waals surface area (Å²) in [4.78, 5) is 12.0. The number of amides is 1. The second-order valence-corrected chi connectivity index (χ2v) is 6.24. The van der Waals surface area contributed by atoms with Gasteiger partial charge in [-0.2, -0.15) is 0 Å². The summed E-state index contributed by atoms with van der Waals surface area (Å²) in [6, 6.07) is 5.26. The Kier molecular flexibility index (Phi) is 6.99. The SMILES string of the molecule is CCOc1ccc(NC(=O)CCC(C)(C)CCN)cc1Cl. The van der Waals surface area contributed by atoms with E-state index in [9.17, 15) is 4.79 Å². The predicted molar refractivity (Wildman–Crippen MR) is 87.9 cm³/mol. The smallest absolute Gasteiger partial charge is 0.224 e. The standard InChI is InChI=1S/C16H25ClN2O2/c1-4-21-14-6-5-12(11-13(14)17)19-15(20)7-8-16(2,3)9-10-18/h5-6,11H,4,7-10,18H2,1-3H3,(H,19,20). The monoisotopic (exact) mass is 312 g/mol. The molecule has 21 heavy (non-hydrogen) atoms. The first kappa shape index (κ1) is 17.8. The van der Waals surface area contributed by atoms with Crippen molar-refractivity contribution in [1.29, 1.82) is 0 Å². The third-order valence-electron chi connectivity index (χ3n) is 3.37. The minimum Gasteiger partial charge on any atom is -0.492 e. The van der Waals surface area contributed by atoms with Crippen LogP contribution in [0.25, 0.3) is 0 Å². The summed E-state index contributed by atoms with van der Waals surface area (Å²) in [6.45, 7) is 7.35. The molecule has 1 amide bonds. The Labute approximate surface area is 132 Å². The molecule has 0 radical (unpaired) electrons. The van der Waals surface area contributed by atoms with Crippen molar-refractivity contribution in [3.63, 3.8) is 0 Å². The molecule has 0 aliphatic heterocycles. The molecule has 0 aliphatic rings. The van der Waals surface area contributed by atoms with E-state index in [1.807, 2.05) is 6.92 Å². The quantitative estimate of drug-likeness (QED) is 0.766. The molecule has 0 unspecified atom stereocenters. The van der Waals surface area contributed by atoms with Crippen molar-refractivity contribution in [1.82, 2.24) is 0 Å². The van der Waals surface area contributed by atoms with Crippen LogP contribution in [0.4, 0.5) is 5.69 Å². The summed E-state index contributed by atoms with van der Waals surface area (Å²) in [5, 5.41) is 3.35. The first-order valence-corrected chi connectivity index (χ1v) is 7.68. The maximum absolute atomic E-state index is 12.0. The molecule has 1 rings (SSSR count). The summed E-state index contributed by atoms with van der Waals surface area (Å²) in [7, 11) is 0. The predicted octanol–water partition coefficient (Wildman–Crippen LogP) is 3.83. The van der Waals surface area contributed by atoms with E-state index in [2.05, 4.69) is 19.2 Å². The van der Waals surface area contributed by atoms with Crippen LogP contribution in [0, 0.1) is 5.41 Å². The van der Waals surface area contributed by atoms with Crippen molar-refractivity contribution in [3.05, 3.63) is 23.2 Å². The zero-order valence-corrected chi connectivity index (χ0v) is 13.8. The second kappa shape index (κ2) is 8.25. The fourth-order valence-electron chi connectivity index (χ4n) is 2.04. The Bertz CT molecular complexity index is 475. The Morgan fingerprint density at radius 2 is 2.10 bits per heavy atom. The highest BCUT2D eigenvalue weighted by Gasteiger charge is 2.18. The fourth-order valence-corrected chi connectivity index (χ4v) is 2.28. The summed E-state index contributed by atoms with van der Waals surface area (Å²) < 4.78 is 5.36. The number of anilines is 1. The molecule has 0 saturated heterocycles. The molecule has 3 N–H and O–H groups in total. The molecule has 0 aliphatic carbocycles. The van der Waals surface area contributed by atoms with E-state index in [1.54, 1.807) is 18.2 Å². The molecular formula is C16H25ClN2O2. The van der Waals surface area contributed by atoms with Crippen molar-refractivity contribution < 1.29 is 9.53 Å². The molecule has 4 nitrogen and oxygen atoms in total. The van der Waals surface area contributed by atoms with E-state index in [0.717, 1.165) is 12.8 Å². The molecule has 0 atom stereocenters. The maximum Gasteiger partial charge on any atom is 0.224 e. The van der Waals surface area contributed by atoms with Crippen LogP contribution in [0.3, 0.4) is 0 Å². The van der Waals surface area contributed by atoms with Gasteiger partial charge < -0.3 is 15.8 Å². The number of nitrogens with one attached hydrogen (secondary N) is 1. The Balaban J connectivity index is 2.53. The highest BCUT2D eigenvalue weighted by Crippen LogP contribution is 2.29. The van der Waals surface area contributed by atoms with Crippen molar-refractivity contribution in [3.8, 4) is 5.75 Å². The number of carbonyl (C=O) groups is 1. The number of hydrogen-bond acceptors (Lipinski definition) is 3. The Morgan fingerprint density at radius 1 is 1.38 bits per heavy atom. The largest absolute Gasteiger partial charge is 0.492 e. The van der Waals surface area contributed by atoms with Crippen LogP contribution >= 0.6 is 11.6 Å². The van der Waals surface area contributed by atoms with Gasteiger partial charge in [-0.3, -0.25) is 4.79 Å². The number of halogens is 1. The zero-order valence-electron chi connectivity index (χ0n) is 13.0. The van der Waals surface area contributed by atoms with E-state index in [1.165, 1.54) is 0 Å². The molecule has 1 aromatic carbocycles. The molecule has 0 aromatic heterocycles. The lowest BCUT2D eigenvalue weighted by Crippen LogP contribution is -2.20. The average Bonchev–Trinajstić information content (AvgIpc) is 2.40. The summed E-state index contributed by atoms with van der Waals surface area (Å²) in [5.41, 5.74) is 6.34. The van der Waals surface area contributed by atoms with E-state index in [4.69, 9.17) is 22.1 Å². The summed E-state index contributed by atoms with van der Waals surface area (Å²) in [5.74, 6) is 0.613. The number of ether oxygens (including phenoxy) is 1. The minimum absolute atomic E-state index is 0.0136. The van der Waals surface area contributed by atoms with E-state index in [-0.39, 0.29) is 11.3 Å². The highest BCUT2D eigenvalue weighted by atomic mass is 35.5. The third kappa shape index (κ3) is 6.36. The molecule has 118 valence electrons. The molecule has 5 heteroatoms. The molecule has 0 spiro atoms. The number of hydrogen-bond donors (Lipinski definition) is 2. The van der Waals surface area contributed by atoms with E-state index < -0.39 is 0 Å². The van der Waals surface area contributed by atoms with Crippen molar-refractivity contribution >= 4 is 23.2 Å². The number of carbonyl (C=O) groups excluding carboxylic acids is 1. The molecule has 1 aromatic rings. The summed E-state index contributed by atoms with van der Waals surface area (Å²) in [6.07, 6.45) is 2.19. The maximum atomic E-state index is 12.0. The van der Waals surface area contributed by atoms with Gasteiger partial charge in [-0.05, 0) is 49.9 Å². The van der Waals surface area contributed by atoms with Crippen LogP contribution < -0.4 is 15.8 Å². The lowest BCUT2D eigenvalue weighted by Gasteiger charge is -2.23. The van der Waals surface area contributed by atoms with Crippen LogP contribution in [0.1, 0.15) is 40.0 Å². The highest BCUT2D eigenvalue weighted by molar-refractivity contribution is 6.32. The Morgan fingerprint density at radius 3 is 2.67 bits per heavy atom. The van der Waals surface area contributed by atoms with Gasteiger partial charge in [0.25, 0.3) is 0 Å². The lowest BCUT2D eigenvalue weighted by atomic mass is 9.84. The van der Waals surface area contributed by atoms with Gasteiger partial charge in [0.1, 0.15) is 5.75 Å². The third-order valence-corrected chi connectivity index (χ3v) is 3.66. The molecule has 0 heterocycles. The minimum atomic E-state index is -0.0136. The van der Waals surface area contributed by atoms with Gasteiger partial charge in [0, 0.05) is 12.1 Å². The van der Waals surface area contributed by atoms with Gasteiger partial charge in [0.15, 0.2) is 0 Å². The van der Waals surface area contributed by atoms with Crippen LogP contribution in [-0.2, 0) is 4.79 Å². The normalized spacial score (nSPS) is 11.3.